The van der Waals surface area contributed by atoms with Crippen LogP contribution in [0.5, 0.6) is 0 Å². The molecule has 0 atom stereocenters. The van der Waals surface area contributed by atoms with Gasteiger partial charge in [-0.1, -0.05) is 41.4 Å². The van der Waals surface area contributed by atoms with Crippen LogP contribution in [0.3, 0.4) is 0 Å². The van der Waals surface area contributed by atoms with Gasteiger partial charge in [0.1, 0.15) is 5.69 Å². The molecule has 0 unspecified atom stereocenters. The molecule has 0 aliphatic rings. The first kappa shape index (κ1) is 14.0. The first-order valence-corrected chi connectivity index (χ1v) is 7.69. The van der Waals surface area contributed by atoms with Gasteiger partial charge in [0, 0.05) is 6.20 Å². The highest BCUT2D eigenvalue weighted by Gasteiger charge is 2.13. The van der Waals surface area contributed by atoms with Crippen molar-refractivity contribution in [1.29, 1.82) is 0 Å². The molecule has 0 radical (unpaired) electrons. The molecule has 0 bridgehead atoms. The molecule has 2 heterocycles. The van der Waals surface area contributed by atoms with E-state index in [2.05, 4.69) is 30.2 Å². The van der Waals surface area contributed by atoms with Crippen molar-refractivity contribution in [3.8, 4) is 10.6 Å². The summed E-state index contributed by atoms with van der Waals surface area (Å²) in [6.07, 6.45) is 2.61. The van der Waals surface area contributed by atoms with Gasteiger partial charge in [0.05, 0.1) is 21.3 Å². The highest BCUT2D eigenvalue weighted by atomic mass is 35.5. The summed E-state index contributed by atoms with van der Waals surface area (Å²) in [4.78, 5) is 12.2. The Hall–Kier alpha value is -1.91. The van der Waals surface area contributed by atoms with Crippen molar-refractivity contribution in [2.75, 3.05) is 0 Å². The monoisotopic (exact) mass is 316 g/mol. The van der Waals surface area contributed by atoms with Crippen LogP contribution in [-0.4, -0.2) is 16.1 Å². The average Bonchev–Trinajstić information content (AvgIpc) is 3.05. The third-order valence-electron chi connectivity index (χ3n) is 3.15. The SMILES string of the molecule is Cc1cccc(Cn2cc(C=O)c(-c3ccc(Cl)s3)n2)c1. The standard InChI is InChI=1S/C16H13ClN2OS/c1-11-3-2-4-12(7-11)8-19-9-13(10-20)16(18-19)14-5-6-15(17)21-14/h2-7,9-10H,8H2,1H3. The third-order valence-corrected chi connectivity index (χ3v) is 4.39. The number of aldehydes is 1. The van der Waals surface area contributed by atoms with E-state index in [9.17, 15) is 4.79 Å². The van der Waals surface area contributed by atoms with E-state index >= 15 is 0 Å². The Balaban J connectivity index is 1.94. The summed E-state index contributed by atoms with van der Waals surface area (Å²) in [5.41, 5.74) is 3.64. The Morgan fingerprint density at radius 1 is 1.33 bits per heavy atom. The molecule has 5 heteroatoms. The maximum absolute atomic E-state index is 11.2. The van der Waals surface area contributed by atoms with Crippen LogP contribution in [0, 0.1) is 6.92 Å². The van der Waals surface area contributed by atoms with Crippen LogP contribution in [0.25, 0.3) is 10.6 Å². The first-order chi connectivity index (χ1) is 10.2. The fourth-order valence-electron chi connectivity index (χ4n) is 2.23. The molecule has 0 aliphatic heterocycles. The number of aryl methyl sites for hydroxylation is 1. The predicted octanol–water partition coefficient (Wildman–Crippen LogP) is 4.43. The molecule has 21 heavy (non-hydrogen) atoms. The molecule has 0 saturated heterocycles. The largest absolute Gasteiger partial charge is 0.298 e. The summed E-state index contributed by atoms with van der Waals surface area (Å²) >= 11 is 7.38. The third kappa shape index (κ3) is 3.06. The van der Waals surface area contributed by atoms with Crippen LogP contribution >= 0.6 is 22.9 Å². The maximum atomic E-state index is 11.2. The van der Waals surface area contributed by atoms with Gasteiger partial charge in [-0.05, 0) is 24.6 Å². The summed E-state index contributed by atoms with van der Waals surface area (Å²) in [7, 11) is 0. The van der Waals surface area contributed by atoms with Crippen molar-refractivity contribution in [3.05, 3.63) is 63.6 Å². The zero-order valence-corrected chi connectivity index (χ0v) is 13.0. The van der Waals surface area contributed by atoms with E-state index in [1.165, 1.54) is 16.9 Å². The van der Waals surface area contributed by atoms with E-state index in [4.69, 9.17) is 11.6 Å². The number of rotatable bonds is 4. The van der Waals surface area contributed by atoms with Gasteiger partial charge in [-0.3, -0.25) is 9.48 Å². The van der Waals surface area contributed by atoms with E-state index in [-0.39, 0.29) is 0 Å². The molecule has 0 fully saturated rings. The van der Waals surface area contributed by atoms with Gasteiger partial charge in [-0.25, -0.2) is 0 Å². The summed E-state index contributed by atoms with van der Waals surface area (Å²) in [5.74, 6) is 0. The van der Waals surface area contributed by atoms with Gasteiger partial charge in [0.25, 0.3) is 0 Å². The number of nitrogens with zero attached hydrogens (tertiary/aromatic N) is 2. The number of aromatic nitrogens is 2. The second-order valence-corrected chi connectivity index (χ2v) is 6.56. The van der Waals surface area contributed by atoms with Crippen molar-refractivity contribution >= 4 is 29.2 Å². The number of hydrogen-bond donors (Lipinski definition) is 0. The van der Waals surface area contributed by atoms with Gasteiger partial charge in [0.15, 0.2) is 6.29 Å². The second kappa shape index (κ2) is 5.84. The Labute approximate surface area is 131 Å². The van der Waals surface area contributed by atoms with Gasteiger partial charge < -0.3 is 0 Å². The number of halogens is 1. The van der Waals surface area contributed by atoms with Crippen molar-refractivity contribution in [1.82, 2.24) is 9.78 Å². The zero-order valence-electron chi connectivity index (χ0n) is 11.4. The van der Waals surface area contributed by atoms with Crippen LogP contribution in [-0.2, 0) is 6.54 Å². The predicted molar refractivity (Wildman–Crippen MR) is 86.2 cm³/mol. The van der Waals surface area contributed by atoms with Crippen LogP contribution in [0.15, 0.2) is 42.6 Å². The highest BCUT2D eigenvalue weighted by molar-refractivity contribution is 7.19. The van der Waals surface area contributed by atoms with E-state index < -0.39 is 0 Å². The lowest BCUT2D eigenvalue weighted by Gasteiger charge is -2.02. The molecule has 0 aliphatic carbocycles. The van der Waals surface area contributed by atoms with E-state index in [1.54, 1.807) is 10.9 Å². The van der Waals surface area contributed by atoms with Gasteiger partial charge in [0.2, 0.25) is 0 Å². The molecule has 0 amide bonds. The van der Waals surface area contributed by atoms with Crippen LogP contribution in [0.4, 0.5) is 0 Å². The lowest BCUT2D eigenvalue weighted by Crippen LogP contribution is -2.00. The van der Waals surface area contributed by atoms with Crippen LogP contribution in [0.2, 0.25) is 4.34 Å². The summed E-state index contributed by atoms with van der Waals surface area (Å²) in [6, 6.07) is 12.0. The van der Waals surface area contributed by atoms with E-state index in [0.29, 0.717) is 22.1 Å². The zero-order chi connectivity index (χ0) is 14.8. The Morgan fingerprint density at radius 2 is 2.19 bits per heavy atom. The molecular formula is C16H13ClN2OS. The molecule has 3 rings (SSSR count). The number of hydrogen-bond acceptors (Lipinski definition) is 3. The lowest BCUT2D eigenvalue weighted by atomic mass is 10.1. The average molecular weight is 317 g/mol. The fraction of sp³-hybridized carbons (Fsp3) is 0.125. The van der Waals surface area contributed by atoms with Crippen molar-refractivity contribution in [3.63, 3.8) is 0 Å². The molecule has 0 saturated carbocycles. The Bertz CT molecular complexity index is 791. The van der Waals surface area contributed by atoms with Crippen molar-refractivity contribution < 1.29 is 4.79 Å². The maximum Gasteiger partial charge on any atom is 0.153 e. The molecule has 0 N–H and O–H groups in total. The molecule has 1 aromatic carbocycles. The van der Waals surface area contributed by atoms with Gasteiger partial charge in [-0.2, -0.15) is 5.10 Å². The molecule has 2 aromatic heterocycles. The first-order valence-electron chi connectivity index (χ1n) is 6.49. The molecule has 106 valence electrons. The van der Waals surface area contributed by atoms with Crippen molar-refractivity contribution in [2.45, 2.75) is 13.5 Å². The van der Waals surface area contributed by atoms with Gasteiger partial charge in [-0.15, -0.1) is 11.3 Å². The fourth-order valence-corrected chi connectivity index (χ4v) is 3.28. The Kier molecular flexibility index (Phi) is 3.90. The summed E-state index contributed by atoms with van der Waals surface area (Å²) in [6.45, 7) is 2.70. The Morgan fingerprint density at radius 3 is 2.86 bits per heavy atom. The minimum absolute atomic E-state index is 0.584. The molecule has 0 spiro atoms. The summed E-state index contributed by atoms with van der Waals surface area (Å²) < 4.78 is 2.48. The smallest absolute Gasteiger partial charge is 0.153 e. The quantitative estimate of drug-likeness (QED) is 0.667. The van der Waals surface area contributed by atoms with Crippen LogP contribution < -0.4 is 0 Å². The highest BCUT2D eigenvalue weighted by Crippen LogP contribution is 2.31. The molecular weight excluding hydrogens is 304 g/mol. The summed E-state index contributed by atoms with van der Waals surface area (Å²) in [5, 5.41) is 4.53. The number of benzene rings is 1. The second-order valence-electron chi connectivity index (χ2n) is 4.84. The van der Waals surface area contributed by atoms with Crippen molar-refractivity contribution in [2.24, 2.45) is 0 Å². The molecule has 3 nitrogen and oxygen atoms in total. The van der Waals surface area contributed by atoms with Crippen LogP contribution in [0.1, 0.15) is 21.5 Å². The normalized spacial score (nSPS) is 10.8. The van der Waals surface area contributed by atoms with Gasteiger partial charge >= 0.3 is 0 Å². The number of thiophene rings is 1. The number of carbonyl (C=O) groups excluding carboxylic acids is 1. The lowest BCUT2D eigenvalue weighted by molar-refractivity contribution is 0.112. The topological polar surface area (TPSA) is 34.9 Å². The van der Waals surface area contributed by atoms with E-state index in [1.807, 2.05) is 18.2 Å². The minimum atomic E-state index is 0.584. The minimum Gasteiger partial charge on any atom is -0.298 e. The molecule has 3 aromatic rings. The van der Waals surface area contributed by atoms with E-state index in [0.717, 1.165) is 16.7 Å². The number of carbonyl (C=O) groups is 1.